The standard InChI is InChI=1S/C16H18BrNO2/c1-3-20-15-6-4-5-12(16(15)19)10-18-14-9-13(17)8-7-11(14)2/h4-9,18-19H,3,10H2,1-2H3. The number of hydrogen-bond donors (Lipinski definition) is 2. The molecular weight excluding hydrogens is 318 g/mol. The van der Waals surface area contributed by atoms with Crippen LogP contribution in [0.2, 0.25) is 0 Å². The Morgan fingerprint density at radius 1 is 1.25 bits per heavy atom. The minimum absolute atomic E-state index is 0.203. The molecule has 0 atom stereocenters. The van der Waals surface area contributed by atoms with Gasteiger partial charge in [-0.05, 0) is 37.6 Å². The highest BCUT2D eigenvalue weighted by molar-refractivity contribution is 9.10. The van der Waals surface area contributed by atoms with Gasteiger partial charge in [0.2, 0.25) is 0 Å². The fraction of sp³-hybridized carbons (Fsp3) is 0.250. The Hall–Kier alpha value is -1.68. The van der Waals surface area contributed by atoms with Crippen molar-refractivity contribution in [2.24, 2.45) is 0 Å². The summed E-state index contributed by atoms with van der Waals surface area (Å²) >= 11 is 3.46. The number of aryl methyl sites for hydroxylation is 1. The number of phenols is 1. The van der Waals surface area contributed by atoms with Crippen LogP contribution in [0.3, 0.4) is 0 Å². The third kappa shape index (κ3) is 3.45. The number of nitrogens with one attached hydrogen (secondary N) is 1. The molecule has 0 radical (unpaired) electrons. The largest absolute Gasteiger partial charge is 0.504 e. The minimum Gasteiger partial charge on any atom is -0.504 e. The Balaban J connectivity index is 2.14. The summed E-state index contributed by atoms with van der Waals surface area (Å²) in [6.07, 6.45) is 0. The summed E-state index contributed by atoms with van der Waals surface area (Å²) in [4.78, 5) is 0. The molecular formula is C16H18BrNO2. The van der Waals surface area contributed by atoms with Gasteiger partial charge >= 0.3 is 0 Å². The van der Waals surface area contributed by atoms with Gasteiger partial charge in [0.25, 0.3) is 0 Å². The van der Waals surface area contributed by atoms with Crippen LogP contribution in [-0.2, 0) is 6.54 Å². The summed E-state index contributed by atoms with van der Waals surface area (Å²) in [6.45, 7) is 5.03. The number of benzene rings is 2. The number of halogens is 1. The number of ether oxygens (including phenoxy) is 1. The third-order valence-electron chi connectivity index (χ3n) is 3.05. The summed E-state index contributed by atoms with van der Waals surface area (Å²) < 4.78 is 6.41. The number of aromatic hydroxyl groups is 1. The zero-order valence-corrected chi connectivity index (χ0v) is 13.2. The fourth-order valence-electron chi connectivity index (χ4n) is 1.96. The van der Waals surface area contributed by atoms with E-state index in [1.807, 2.05) is 44.2 Å². The van der Waals surface area contributed by atoms with Crippen LogP contribution in [0.4, 0.5) is 5.69 Å². The Bertz CT molecular complexity index is 599. The second-order valence-corrected chi connectivity index (χ2v) is 5.43. The molecule has 0 spiro atoms. The highest BCUT2D eigenvalue weighted by Gasteiger charge is 2.08. The third-order valence-corrected chi connectivity index (χ3v) is 3.54. The Labute approximate surface area is 127 Å². The highest BCUT2D eigenvalue weighted by atomic mass is 79.9. The van der Waals surface area contributed by atoms with Crippen molar-refractivity contribution < 1.29 is 9.84 Å². The molecule has 0 saturated carbocycles. The van der Waals surface area contributed by atoms with Crippen molar-refractivity contribution in [1.29, 1.82) is 0 Å². The molecule has 2 aromatic carbocycles. The van der Waals surface area contributed by atoms with E-state index in [4.69, 9.17) is 4.74 Å². The number of anilines is 1. The maximum Gasteiger partial charge on any atom is 0.162 e. The minimum atomic E-state index is 0.203. The molecule has 2 N–H and O–H groups in total. The first-order chi connectivity index (χ1) is 9.61. The zero-order chi connectivity index (χ0) is 14.5. The van der Waals surface area contributed by atoms with Gasteiger partial charge in [-0.25, -0.2) is 0 Å². The van der Waals surface area contributed by atoms with Gasteiger partial charge in [-0.2, -0.15) is 0 Å². The number of hydrogen-bond acceptors (Lipinski definition) is 3. The summed E-state index contributed by atoms with van der Waals surface area (Å²) in [5, 5.41) is 13.5. The van der Waals surface area contributed by atoms with E-state index in [0.29, 0.717) is 18.9 Å². The molecule has 0 aliphatic carbocycles. The second-order valence-electron chi connectivity index (χ2n) is 4.51. The van der Waals surface area contributed by atoms with Gasteiger partial charge in [-0.3, -0.25) is 0 Å². The molecule has 0 heterocycles. The van der Waals surface area contributed by atoms with Gasteiger partial charge in [0, 0.05) is 22.3 Å². The van der Waals surface area contributed by atoms with E-state index in [9.17, 15) is 5.11 Å². The van der Waals surface area contributed by atoms with Crippen molar-refractivity contribution >= 4 is 21.6 Å². The smallest absolute Gasteiger partial charge is 0.162 e. The van der Waals surface area contributed by atoms with E-state index in [1.54, 1.807) is 6.07 Å². The lowest BCUT2D eigenvalue weighted by Gasteiger charge is -2.13. The average molecular weight is 336 g/mol. The predicted octanol–water partition coefficient (Wildman–Crippen LogP) is 4.47. The van der Waals surface area contributed by atoms with E-state index in [-0.39, 0.29) is 5.75 Å². The molecule has 0 aromatic heterocycles. The molecule has 106 valence electrons. The molecule has 2 rings (SSSR count). The lowest BCUT2D eigenvalue weighted by Crippen LogP contribution is -2.02. The Morgan fingerprint density at radius 2 is 2.05 bits per heavy atom. The van der Waals surface area contributed by atoms with Gasteiger partial charge in [-0.15, -0.1) is 0 Å². The maximum atomic E-state index is 10.1. The van der Waals surface area contributed by atoms with Gasteiger partial charge in [0.15, 0.2) is 11.5 Å². The maximum absolute atomic E-state index is 10.1. The molecule has 0 aliphatic heterocycles. The van der Waals surface area contributed by atoms with Gasteiger partial charge in [0.1, 0.15) is 0 Å². The quantitative estimate of drug-likeness (QED) is 0.846. The summed E-state index contributed by atoms with van der Waals surface area (Å²) in [7, 11) is 0. The van der Waals surface area contributed by atoms with Crippen molar-refractivity contribution in [3.8, 4) is 11.5 Å². The second kappa shape index (κ2) is 6.66. The van der Waals surface area contributed by atoms with Crippen LogP contribution in [0.25, 0.3) is 0 Å². The fourth-order valence-corrected chi connectivity index (χ4v) is 2.32. The Morgan fingerprint density at radius 3 is 2.80 bits per heavy atom. The van der Waals surface area contributed by atoms with Gasteiger partial charge in [-0.1, -0.05) is 34.1 Å². The van der Waals surface area contributed by atoms with Crippen molar-refractivity contribution in [1.82, 2.24) is 0 Å². The molecule has 4 heteroatoms. The molecule has 3 nitrogen and oxygen atoms in total. The summed E-state index contributed by atoms with van der Waals surface area (Å²) in [5.41, 5.74) is 3.02. The first kappa shape index (κ1) is 14.7. The zero-order valence-electron chi connectivity index (χ0n) is 11.6. The van der Waals surface area contributed by atoms with E-state index < -0.39 is 0 Å². The summed E-state index contributed by atoms with van der Waals surface area (Å²) in [6, 6.07) is 11.6. The van der Waals surface area contributed by atoms with Crippen LogP contribution in [-0.4, -0.2) is 11.7 Å². The van der Waals surface area contributed by atoms with Crippen molar-refractivity contribution in [2.45, 2.75) is 20.4 Å². The SMILES string of the molecule is CCOc1cccc(CNc2cc(Br)ccc2C)c1O. The van der Waals surface area contributed by atoms with Gasteiger partial charge < -0.3 is 15.2 Å². The Kier molecular flexibility index (Phi) is 4.90. The molecule has 0 saturated heterocycles. The molecule has 0 bridgehead atoms. The summed E-state index contributed by atoms with van der Waals surface area (Å²) in [5.74, 6) is 0.729. The van der Waals surface area contributed by atoms with Crippen molar-refractivity contribution in [3.05, 3.63) is 52.0 Å². The van der Waals surface area contributed by atoms with Crippen molar-refractivity contribution in [3.63, 3.8) is 0 Å². The van der Waals surface area contributed by atoms with E-state index in [0.717, 1.165) is 21.3 Å². The molecule has 0 fully saturated rings. The first-order valence-electron chi connectivity index (χ1n) is 6.55. The highest BCUT2D eigenvalue weighted by Crippen LogP contribution is 2.30. The molecule has 0 amide bonds. The van der Waals surface area contributed by atoms with E-state index >= 15 is 0 Å². The molecule has 20 heavy (non-hydrogen) atoms. The lowest BCUT2D eigenvalue weighted by molar-refractivity contribution is 0.317. The topological polar surface area (TPSA) is 41.5 Å². The van der Waals surface area contributed by atoms with Crippen molar-refractivity contribution in [2.75, 3.05) is 11.9 Å². The monoisotopic (exact) mass is 335 g/mol. The lowest BCUT2D eigenvalue weighted by atomic mass is 10.1. The van der Waals surface area contributed by atoms with E-state index in [1.165, 1.54) is 0 Å². The average Bonchev–Trinajstić information content (AvgIpc) is 2.43. The van der Waals surface area contributed by atoms with Crippen LogP contribution in [0.15, 0.2) is 40.9 Å². The molecule has 0 unspecified atom stereocenters. The van der Waals surface area contributed by atoms with Gasteiger partial charge in [0.05, 0.1) is 6.61 Å². The number of rotatable bonds is 5. The van der Waals surface area contributed by atoms with Crippen LogP contribution in [0, 0.1) is 6.92 Å². The number of phenolic OH excluding ortho intramolecular Hbond substituents is 1. The first-order valence-corrected chi connectivity index (χ1v) is 7.34. The molecule has 0 aliphatic rings. The van der Waals surface area contributed by atoms with Crippen LogP contribution in [0.5, 0.6) is 11.5 Å². The predicted molar refractivity (Wildman–Crippen MR) is 85.5 cm³/mol. The van der Waals surface area contributed by atoms with Crippen LogP contribution >= 0.6 is 15.9 Å². The molecule has 2 aromatic rings. The number of para-hydroxylation sites is 1. The van der Waals surface area contributed by atoms with E-state index in [2.05, 4.69) is 21.2 Å². The van der Waals surface area contributed by atoms with Crippen LogP contribution in [0.1, 0.15) is 18.1 Å². The normalized spacial score (nSPS) is 10.3. The van der Waals surface area contributed by atoms with Crippen LogP contribution < -0.4 is 10.1 Å².